The second-order valence-corrected chi connectivity index (χ2v) is 10.6. The van der Waals surface area contributed by atoms with E-state index in [-0.39, 0.29) is 5.92 Å². The first kappa shape index (κ1) is 22.0. The first-order chi connectivity index (χ1) is 14.6. The lowest BCUT2D eigenvalue weighted by molar-refractivity contribution is 0.0708. The molecule has 0 spiro atoms. The van der Waals surface area contributed by atoms with Crippen LogP contribution in [0.1, 0.15) is 101 Å². The second-order valence-electron chi connectivity index (χ2n) is 10.6. The van der Waals surface area contributed by atoms with E-state index in [0.29, 0.717) is 11.1 Å². The molecule has 30 heavy (non-hydrogen) atoms. The van der Waals surface area contributed by atoms with Crippen molar-refractivity contribution in [3.63, 3.8) is 0 Å². The van der Waals surface area contributed by atoms with Crippen LogP contribution >= 0.6 is 0 Å². The first-order valence-corrected chi connectivity index (χ1v) is 12.6. The summed E-state index contributed by atoms with van der Waals surface area (Å²) in [6.45, 7) is 3.77. The third-order valence-electron chi connectivity index (χ3n) is 8.93. The number of aryl methyl sites for hydroxylation is 1. The maximum atomic E-state index is 14.5. The van der Waals surface area contributed by atoms with Gasteiger partial charge < -0.3 is 0 Å². The topological polar surface area (TPSA) is 0 Å². The van der Waals surface area contributed by atoms with Crippen molar-refractivity contribution < 1.29 is 8.78 Å². The maximum Gasteiger partial charge on any atom is 0.162 e. The number of halogens is 2. The van der Waals surface area contributed by atoms with Crippen LogP contribution in [0.15, 0.2) is 24.3 Å². The summed E-state index contributed by atoms with van der Waals surface area (Å²) in [5.41, 5.74) is 1.05. The summed E-state index contributed by atoms with van der Waals surface area (Å²) < 4.78 is 28.6. The molecular formula is C28H40F2. The molecule has 3 fully saturated rings. The van der Waals surface area contributed by atoms with Gasteiger partial charge in [0.25, 0.3) is 0 Å². The smallest absolute Gasteiger partial charge is 0.162 e. The van der Waals surface area contributed by atoms with Crippen LogP contribution in [0, 0.1) is 48.1 Å². The van der Waals surface area contributed by atoms with Crippen LogP contribution in [0.4, 0.5) is 8.78 Å². The van der Waals surface area contributed by atoms with Crippen molar-refractivity contribution >= 4 is 0 Å². The fourth-order valence-electron chi connectivity index (χ4n) is 7.06. The van der Waals surface area contributed by atoms with Gasteiger partial charge in [0, 0.05) is 0 Å². The standard InChI is InChI=1S/C28H40F2/c1-3-4-5-6-20-8-10-21(11-9-20)22-12-13-24-18-25(15-14-23(24)17-22)26-16-7-19(2)27(29)28(26)30/h3-4,7,16,20-25H,5-6,8-15,17-18H2,1-2H3/b4-3+. The lowest BCUT2D eigenvalue weighted by Crippen LogP contribution is -2.34. The average molecular weight is 415 g/mol. The quantitative estimate of drug-likeness (QED) is 0.422. The molecule has 0 N–H and O–H groups in total. The molecule has 0 heterocycles. The highest BCUT2D eigenvalue weighted by Crippen LogP contribution is 2.51. The zero-order valence-electron chi connectivity index (χ0n) is 19.0. The summed E-state index contributed by atoms with van der Waals surface area (Å²) in [7, 11) is 0. The van der Waals surface area contributed by atoms with Gasteiger partial charge in [0.2, 0.25) is 0 Å². The monoisotopic (exact) mass is 414 g/mol. The number of rotatable bonds is 5. The second kappa shape index (κ2) is 9.96. The molecule has 3 aliphatic rings. The van der Waals surface area contributed by atoms with Crippen molar-refractivity contribution in [3.8, 4) is 0 Å². The minimum absolute atomic E-state index is 0.213. The summed E-state index contributed by atoms with van der Waals surface area (Å²) in [6.07, 6.45) is 20.3. The van der Waals surface area contributed by atoms with Gasteiger partial charge >= 0.3 is 0 Å². The predicted octanol–water partition coefficient (Wildman–Crippen LogP) is 8.74. The molecule has 166 valence electrons. The number of hydrogen-bond donors (Lipinski definition) is 0. The molecule has 3 saturated carbocycles. The third-order valence-corrected chi connectivity index (χ3v) is 8.93. The Kier molecular flexibility index (Phi) is 7.32. The van der Waals surface area contributed by atoms with Crippen LogP contribution < -0.4 is 0 Å². The Morgan fingerprint density at radius 2 is 1.43 bits per heavy atom. The van der Waals surface area contributed by atoms with E-state index >= 15 is 0 Å². The SMILES string of the molecule is C/C=C/CCC1CCC(C2CCC3CC(c4ccc(C)c(F)c4F)CCC3C2)CC1. The van der Waals surface area contributed by atoms with Gasteiger partial charge in [-0.25, -0.2) is 8.78 Å². The molecule has 1 aromatic rings. The highest BCUT2D eigenvalue weighted by molar-refractivity contribution is 5.28. The Bertz CT molecular complexity index is 728. The average Bonchev–Trinajstić information content (AvgIpc) is 2.78. The molecule has 3 aliphatic carbocycles. The molecule has 0 nitrogen and oxygen atoms in total. The Labute approximate surface area is 182 Å². The van der Waals surface area contributed by atoms with E-state index < -0.39 is 11.6 Å². The molecule has 0 aliphatic heterocycles. The van der Waals surface area contributed by atoms with Crippen molar-refractivity contribution in [2.24, 2.45) is 29.6 Å². The van der Waals surface area contributed by atoms with Crippen LogP contribution in [-0.2, 0) is 0 Å². The molecule has 4 unspecified atom stereocenters. The number of benzene rings is 1. The van der Waals surface area contributed by atoms with E-state index in [4.69, 9.17) is 0 Å². The lowest BCUT2D eigenvalue weighted by atomic mass is 9.60. The molecule has 2 heteroatoms. The number of fused-ring (bicyclic) bond motifs is 1. The van der Waals surface area contributed by atoms with Gasteiger partial charge in [-0.3, -0.25) is 0 Å². The fraction of sp³-hybridized carbons (Fsp3) is 0.714. The van der Waals surface area contributed by atoms with Crippen LogP contribution in [0.5, 0.6) is 0 Å². The molecule has 0 radical (unpaired) electrons. The molecule has 0 bridgehead atoms. The van der Waals surface area contributed by atoms with Crippen LogP contribution in [-0.4, -0.2) is 0 Å². The highest BCUT2D eigenvalue weighted by Gasteiger charge is 2.39. The fourth-order valence-corrected chi connectivity index (χ4v) is 7.06. The van der Waals surface area contributed by atoms with E-state index in [2.05, 4.69) is 19.1 Å². The Morgan fingerprint density at radius 3 is 2.17 bits per heavy atom. The Balaban J connectivity index is 1.29. The molecule has 4 rings (SSSR count). The largest absolute Gasteiger partial charge is 0.203 e. The number of hydrogen-bond acceptors (Lipinski definition) is 0. The summed E-state index contributed by atoms with van der Waals surface area (Å²) >= 11 is 0. The van der Waals surface area contributed by atoms with Gasteiger partial charge in [-0.1, -0.05) is 37.1 Å². The molecule has 4 atom stereocenters. The van der Waals surface area contributed by atoms with E-state index in [1.165, 1.54) is 64.2 Å². The van der Waals surface area contributed by atoms with Crippen molar-refractivity contribution in [1.29, 1.82) is 0 Å². The van der Waals surface area contributed by atoms with E-state index in [1.807, 2.05) is 6.07 Å². The van der Waals surface area contributed by atoms with Gasteiger partial charge in [-0.2, -0.15) is 0 Å². The van der Waals surface area contributed by atoms with Gasteiger partial charge in [-0.05, 0) is 125 Å². The van der Waals surface area contributed by atoms with Gasteiger partial charge in [0.1, 0.15) is 0 Å². The van der Waals surface area contributed by atoms with Crippen molar-refractivity contribution in [3.05, 3.63) is 47.0 Å². The maximum absolute atomic E-state index is 14.5. The molecule has 0 aromatic heterocycles. The number of allylic oxidation sites excluding steroid dienone is 2. The van der Waals surface area contributed by atoms with Crippen molar-refractivity contribution in [2.45, 2.75) is 96.8 Å². The van der Waals surface area contributed by atoms with E-state index in [9.17, 15) is 8.78 Å². The summed E-state index contributed by atoms with van der Waals surface area (Å²) in [6, 6.07) is 3.60. The van der Waals surface area contributed by atoms with E-state index in [0.717, 1.165) is 42.4 Å². The Hall–Kier alpha value is -1.18. The van der Waals surface area contributed by atoms with E-state index in [1.54, 1.807) is 13.0 Å². The first-order valence-electron chi connectivity index (χ1n) is 12.6. The Morgan fingerprint density at radius 1 is 0.800 bits per heavy atom. The van der Waals surface area contributed by atoms with Crippen LogP contribution in [0.3, 0.4) is 0 Å². The molecule has 1 aromatic carbocycles. The zero-order chi connectivity index (χ0) is 21.1. The van der Waals surface area contributed by atoms with Gasteiger partial charge in [0.15, 0.2) is 11.6 Å². The molecular weight excluding hydrogens is 374 g/mol. The van der Waals surface area contributed by atoms with Crippen LogP contribution in [0.2, 0.25) is 0 Å². The van der Waals surface area contributed by atoms with Crippen LogP contribution in [0.25, 0.3) is 0 Å². The lowest BCUT2D eigenvalue weighted by Gasteiger charge is -2.45. The van der Waals surface area contributed by atoms with Gasteiger partial charge in [-0.15, -0.1) is 0 Å². The zero-order valence-corrected chi connectivity index (χ0v) is 19.0. The summed E-state index contributed by atoms with van der Waals surface area (Å²) in [5.74, 6) is 3.36. The summed E-state index contributed by atoms with van der Waals surface area (Å²) in [5, 5.41) is 0. The molecule has 0 amide bonds. The minimum Gasteiger partial charge on any atom is -0.203 e. The van der Waals surface area contributed by atoms with Crippen molar-refractivity contribution in [2.75, 3.05) is 0 Å². The third kappa shape index (κ3) is 4.83. The molecule has 0 saturated heterocycles. The van der Waals surface area contributed by atoms with Gasteiger partial charge in [0.05, 0.1) is 0 Å². The highest BCUT2D eigenvalue weighted by atomic mass is 19.2. The predicted molar refractivity (Wildman–Crippen MR) is 122 cm³/mol. The summed E-state index contributed by atoms with van der Waals surface area (Å²) in [4.78, 5) is 0. The van der Waals surface area contributed by atoms with Crippen molar-refractivity contribution in [1.82, 2.24) is 0 Å². The normalized spacial score (nSPS) is 34.8. The minimum atomic E-state index is -0.639.